The fourth-order valence-electron chi connectivity index (χ4n) is 5.24. The Labute approximate surface area is 310 Å². The van der Waals surface area contributed by atoms with Gasteiger partial charge in [-0.15, -0.1) is 0 Å². The van der Waals surface area contributed by atoms with E-state index in [0.29, 0.717) is 48.7 Å². The Morgan fingerprint density at radius 2 is 1.76 bits per heavy atom. The van der Waals surface area contributed by atoms with Gasteiger partial charge in [-0.05, 0) is 103 Å². The van der Waals surface area contributed by atoms with Crippen LogP contribution in [0.3, 0.4) is 0 Å². The summed E-state index contributed by atoms with van der Waals surface area (Å²) in [6.07, 6.45) is 1.50. The molecule has 0 spiro atoms. The Morgan fingerprint density at radius 1 is 1.04 bits per heavy atom. The zero-order chi connectivity index (χ0) is 35.4. The van der Waals surface area contributed by atoms with Gasteiger partial charge >= 0.3 is 11.9 Å². The number of aromatic nitrogens is 1. The summed E-state index contributed by atoms with van der Waals surface area (Å²) in [4.78, 5) is 44.6. The molecule has 0 fully saturated rings. The van der Waals surface area contributed by atoms with Crippen LogP contribution in [0.25, 0.3) is 6.08 Å². The number of ether oxygens (including phenoxy) is 4. The van der Waals surface area contributed by atoms with Crippen LogP contribution in [0.4, 0.5) is 0 Å². The molecule has 1 atom stereocenters. The number of esters is 2. The van der Waals surface area contributed by atoms with E-state index in [2.05, 4.69) is 27.6 Å². The van der Waals surface area contributed by atoms with Crippen LogP contribution < -0.4 is 24.4 Å². The molecule has 1 aromatic heterocycles. The molecule has 0 amide bonds. The predicted molar refractivity (Wildman–Crippen MR) is 198 cm³/mol. The van der Waals surface area contributed by atoms with Crippen LogP contribution in [0.5, 0.6) is 11.5 Å². The molecule has 0 saturated heterocycles. The van der Waals surface area contributed by atoms with Crippen molar-refractivity contribution in [2.45, 2.75) is 52.9 Å². The quantitative estimate of drug-likeness (QED) is 0.121. The van der Waals surface area contributed by atoms with Crippen molar-refractivity contribution in [3.05, 3.63) is 121 Å². The zero-order valence-corrected chi connectivity index (χ0v) is 31.8. The molecule has 0 aliphatic carbocycles. The van der Waals surface area contributed by atoms with E-state index in [0.717, 1.165) is 20.3 Å². The van der Waals surface area contributed by atoms with Gasteiger partial charge in [0.25, 0.3) is 5.56 Å². The second-order valence-electron chi connectivity index (χ2n) is 11.3. The molecule has 0 unspecified atom stereocenters. The first-order valence-electron chi connectivity index (χ1n) is 15.3. The van der Waals surface area contributed by atoms with Crippen LogP contribution in [0.15, 0.2) is 75.7 Å². The smallest absolute Gasteiger partial charge is 0.338 e. The van der Waals surface area contributed by atoms with Crippen molar-refractivity contribution in [3.63, 3.8) is 0 Å². The number of halogens is 3. The van der Waals surface area contributed by atoms with Gasteiger partial charge in [-0.3, -0.25) is 14.2 Å². The molecular weight excluding hydrogens is 802 g/mol. The largest absolute Gasteiger partial charge is 0.490 e. The maximum absolute atomic E-state index is 14.2. The molecule has 9 nitrogen and oxygen atoms in total. The number of nitrogens with zero attached hydrogens (tertiary/aromatic N) is 2. The van der Waals surface area contributed by atoms with Crippen molar-refractivity contribution in [3.8, 4) is 11.5 Å². The molecule has 256 valence electrons. The van der Waals surface area contributed by atoms with Gasteiger partial charge in [-0.1, -0.05) is 64.9 Å². The lowest BCUT2D eigenvalue weighted by Crippen LogP contribution is -2.40. The van der Waals surface area contributed by atoms with E-state index in [1.54, 1.807) is 63.2 Å². The number of allylic oxidation sites excluding steroid dienone is 1. The van der Waals surface area contributed by atoms with Crippen molar-refractivity contribution in [2.24, 2.45) is 4.99 Å². The second-order valence-corrected chi connectivity index (χ2v) is 14.3. The van der Waals surface area contributed by atoms with Gasteiger partial charge < -0.3 is 18.9 Å². The van der Waals surface area contributed by atoms with Crippen molar-refractivity contribution < 1.29 is 28.5 Å². The molecule has 13 heteroatoms. The van der Waals surface area contributed by atoms with Crippen LogP contribution >= 0.6 is 57.1 Å². The summed E-state index contributed by atoms with van der Waals surface area (Å²) in [5.74, 6) is 0.159. The Morgan fingerprint density at radius 3 is 2.41 bits per heavy atom. The lowest BCUT2D eigenvalue weighted by atomic mass is 9.94. The lowest BCUT2D eigenvalue weighted by molar-refractivity contribution is -0.143. The number of carbonyl (C=O) groups excluding carboxylic acids is 2. The maximum Gasteiger partial charge on any atom is 0.338 e. The molecule has 2 heterocycles. The predicted octanol–water partition coefficient (Wildman–Crippen LogP) is 6.79. The third kappa shape index (κ3) is 8.39. The number of carbonyl (C=O) groups is 2. The van der Waals surface area contributed by atoms with Gasteiger partial charge in [0.15, 0.2) is 16.3 Å². The van der Waals surface area contributed by atoms with Crippen LogP contribution in [-0.4, -0.2) is 36.3 Å². The van der Waals surface area contributed by atoms with Crippen molar-refractivity contribution in [1.82, 2.24) is 4.57 Å². The summed E-state index contributed by atoms with van der Waals surface area (Å²) in [7, 11) is 1.34. The zero-order valence-electron chi connectivity index (χ0n) is 27.3. The maximum atomic E-state index is 14.2. The average molecular weight is 836 g/mol. The van der Waals surface area contributed by atoms with E-state index in [1.165, 1.54) is 23.0 Å². The van der Waals surface area contributed by atoms with Crippen LogP contribution in [0.1, 0.15) is 56.0 Å². The Hall–Kier alpha value is -3.65. The van der Waals surface area contributed by atoms with E-state index in [1.807, 2.05) is 25.1 Å². The van der Waals surface area contributed by atoms with Gasteiger partial charge in [-0.25, -0.2) is 9.79 Å². The molecule has 0 N–H and O–H groups in total. The van der Waals surface area contributed by atoms with E-state index in [9.17, 15) is 14.4 Å². The monoisotopic (exact) mass is 834 g/mol. The van der Waals surface area contributed by atoms with Crippen LogP contribution in [0.2, 0.25) is 10.0 Å². The number of thiazole rings is 1. The van der Waals surface area contributed by atoms with Gasteiger partial charge in [0.05, 0.1) is 61.7 Å². The molecule has 5 rings (SSSR count). The minimum atomic E-state index is -0.798. The Bertz CT molecular complexity index is 2120. The Balaban J connectivity index is 1.57. The fraction of sp³-hybridized carbons (Fsp3) is 0.278. The molecule has 0 radical (unpaired) electrons. The van der Waals surface area contributed by atoms with E-state index in [4.69, 9.17) is 42.1 Å². The highest BCUT2D eigenvalue weighted by atomic mass is 127. The number of hydrogen-bond donors (Lipinski definition) is 0. The van der Waals surface area contributed by atoms with Gasteiger partial charge in [-0.2, -0.15) is 0 Å². The summed E-state index contributed by atoms with van der Waals surface area (Å²) in [6.45, 7) is 7.79. The van der Waals surface area contributed by atoms with Gasteiger partial charge in [0.1, 0.15) is 6.61 Å². The Kier molecular flexibility index (Phi) is 11.9. The third-order valence-electron chi connectivity index (χ3n) is 7.45. The standard InChI is InChI=1S/C36H33Cl2IN2O7S/c1-6-46-28-15-23(14-27(39)33(28)47-18-22-9-12-25(37)26(38)13-22)16-29-34(43)41-32(24-10-7-21(8-11-24)17-30(42)45-5)31(35(44)48-19(2)3)20(4)40-36(41)49-29/h7-16,19,32H,6,17-18H2,1-5H3/b29-16+/t32-/m0/s1. The van der Waals surface area contributed by atoms with Gasteiger partial charge in [0.2, 0.25) is 0 Å². The molecular formula is C36H33Cl2IN2O7S. The summed E-state index contributed by atoms with van der Waals surface area (Å²) in [5.41, 5.74) is 3.38. The molecule has 3 aromatic carbocycles. The minimum absolute atomic E-state index is 0.0957. The average Bonchev–Trinajstić information content (AvgIpc) is 3.35. The molecule has 4 aromatic rings. The van der Waals surface area contributed by atoms with E-state index >= 15 is 0 Å². The number of fused-ring (bicyclic) bond motifs is 1. The number of benzene rings is 3. The highest BCUT2D eigenvalue weighted by Crippen LogP contribution is 2.36. The summed E-state index contributed by atoms with van der Waals surface area (Å²) >= 11 is 15.7. The first-order chi connectivity index (χ1) is 23.4. The highest BCUT2D eigenvalue weighted by Gasteiger charge is 2.34. The lowest BCUT2D eigenvalue weighted by Gasteiger charge is -2.25. The van der Waals surface area contributed by atoms with Crippen LogP contribution in [0, 0.1) is 3.57 Å². The van der Waals surface area contributed by atoms with E-state index < -0.39 is 12.0 Å². The minimum Gasteiger partial charge on any atom is -0.490 e. The summed E-state index contributed by atoms with van der Waals surface area (Å²) < 4.78 is 25.2. The van der Waals surface area contributed by atoms with Crippen LogP contribution in [-0.2, 0) is 32.1 Å². The number of hydrogen-bond acceptors (Lipinski definition) is 9. The van der Waals surface area contributed by atoms with Crippen molar-refractivity contribution >= 4 is 75.1 Å². The van der Waals surface area contributed by atoms with Crippen molar-refractivity contribution in [1.29, 1.82) is 0 Å². The van der Waals surface area contributed by atoms with Gasteiger partial charge in [0, 0.05) is 0 Å². The normalized spacial score (nSPS) is 14.4. The molecule has 1 aliphatic rings. The second kappa shape index (κ2) is 15.9. The SMILES string of the molecule is CCOc1cc(/C=c2/sc3n(c2=O)[C@@H](c2ccc(CC(=O)OC)cc2)C(C(=O)OC(C)C)=C(C)N=3)cc(I)c1OCc1ccc(Cl)c(Cl)c1. The molecule has 0 saturated carbocycles. The van der Waals surface area contributed by atoms with Crippen molar-refractivity contribution in [2.75, 3.05) is 13.7 Å². The fourth-order valence-corrected chi connectivity index (χ4v) is 7.39. The first-order valence-corrected chi connectivity index (χ1v) is 18.0. The molecule has 49 heavy (non-hydrogen) atoms. The third-order valence-corrected chi connectivity index (χ3v) is 9.98. The molecule has 0 bridgehead atoms. The number of rotatable bonds is 11. The first kappa shape index (κ1) is 36.6. The molecule has 1 aliphatic heterocycles. The summed E-state index contributed by atoms with van der Waals surface area (Å²) in [6, 6.07) is 15.4. The van der Waals surface area contributed by atoms with E-state index in [-0.39, 0.29) is 36.2 Å². The number of methoxy groups -OCH3 is 1. The highest BCUT2D eigenvalue weighted by molar-refractivity contribution is 14.1. The topological polar surface area (TPSA) is 105 Å². The summed E-state index contributed by atoms with van der Waals surface area (Å²) in [5, 5.41) is 0.905.